The molecule has 0 bridgehead atoms. The molecule has 0 aliphatic rings. The Bertz CT molecular complexity index is 899. The van der Waals surface area contributed by atoms with E-state index >= 15 is 0 Å². The van der Waals surface area contributed by atoms with Crippen LogP contribution in [-0.2, 0) is 14.8 Å². The number of nitrogens with one attached hydrogen (secondary N) is 1. The van der Waals surface area contributed by atoms with Gasteiger partial charge >= 0.3 is 5.97 Å². The second kappa shape index (κ2) is 10.2. The number of carbonyl (C=O) groups is 1. The molecule has 1 aromatic heterocycles. The monoisotopic (exact) mass is 405 g/mol. The lowest BCUT2D eigenvalue weighted by molar-refractivity contribution is 0.0499. The molecule has 1 aromatic carbocycles. The zero-order chi connectivity index (χ0) is 20.6. The first-order valence-corrected chi connectivity index (χ1v) is 10.9. The number of benzene rings is 1. The van der Waals surface area contributed by atoms with Crippen molar-refractivity contribution in [2.75, 3.05) is 18.5 Å². The number of aromatic nitrogens is 1. The largest absolute Gasteiger partial charge is 0.462 e. The van der Waals surface area contributed by atoms with E-state index in [-0.39, 0.29) is 17.1 Å². The van der Waals surface area contributed by atoms with Crippen molar-refractivity contribution in [1.29, 1.82) is 0 Å². The van der Waals surface area contributed by atoms with E-state index < -0.39 is 16.0 Å². The minimum Gasteiger partial charge on any atom is -0.462 e. The van der Waals surface area contributed by atoms with E-state index in [9.17, 15) is 13.2 Å². The van der Waals surface area contributed by atoms with Crippen LogP contribution in [0.5, 0.6) is 0 Å². The van der Waals surface area contributed by atoms with Crippen molar-refractivity contribution in [3.8, 4) is 11.1 Å². The Morgan fingerprint density at radius 3 is 2.57 bits per heavy atom. The molecule has 0 radical (unpaired) electrons. The van der Waals surface area contributed by atoms with Crippen LogP contribution >= 0.6 is 0 Å². The van der Waals surface area contributed by atoms with Gasteiger partial charge in [-0.25, -0.2) is 18.4 Å². The number of hydrogen-bond donors (Lipinski definition) is 2. The predicted octanol–water partition coefficient (Wildman–Crippen LogP) is 3.56. The first-order valence-electron chi connectivity index (χ1n) is 9.40. The Kier molecular flexibility index (Phi) is 7.95. The molecule has 0 saturated heterocycles. The standard InChI is InChI=1S/C20H27N3O4S/c1-3-5-10-23-17-12-16(20(24)27-11-6-4-2)13-18(28(21,25)26)19(17)15-8-7-9-22-14-15/h7-9,12-14,23H,3-6,10-11H2,1-2H3,(H2,21,25,26). The molecule has 8 heteroatoms. The number of unbranched alkanes of at least 4 members (excludes halogenated alkanes) is 2. The molecular weight excluding hydrogens is 378 g/mol. The highest BCUT2D eigenvalue weighted by Gasteiger charge is 2.23. The number of pyridine rings is 1. The molecule has 0 spiro atoms. The third kappa shape index (κ3) is 5.77. The summed E-state index contributed by atoms with van der Waals surface area (Å²) >= 11 is 0. The number of carbonyl (C=O) groups excluding carboxylic acids is 1. The average Bonchev–Trinajstić information content (AvgIpc) is 2.67. The summed E-state index contributed by atoms with van der Waals surface area (Å²) in [6.45, 7) is 4.96. The van der Waals surface area contributed by atoms with Gasteiger partial charge in [0.25, 0.3) is 0 Å². The zero-order valence-electron chi connectivity index (χ0n) is 16.3. The van der Waals surface area contributed by atoms with E-state index in [1.807, 2.05) is 6.92 Å². The molecule has 0 aliphatic carbocycles. The quantitative estimate of drug-likeness (QED) is 0.462. The highest BCUT2D eigenvalue weighted by Crippen LogP contribution is 2.35. The molecule has 7 nitrogen and oxygen atoms in total. The van der Waals surface area contributed by atoms with Crippen molar-refractivity contribution in [2.45, 2.75) is 44.4 Å². The Morgan fingerprint density at radius 2 is 1.96 bits per heavy atom. The van der Waals surface area contributed by atoms with Gasteiger partial charge in [0.05, 0.1) is 17.1 Å². The zero-order valence-corrected chi connectivity index (χ0v) is 17.1. The number of nitrogens with two attached hydrogens (primary N) is 1. The summed E-state index contributed by atoms with van der Waals surface area (Å²) in [7, 11) is -4.09. The molecule has 1 heterocycles. The number of rotatable bonds is 10. The van der Waals surface area contributed by atoms with Crippen LogP contribution in [0.1, 0.15) is 49.9 Å². The number of ether oxygens (including phenoxy) is 1. The third-order valence-electron chi connectivity index (χ3n) is 4.17. The summed E-state index contributed by atoms with van der Waals surface area (Å²) in [6, 6.07) is 6.35. The van der Waals surface area contributed by atoms with Crippen LogP contribution < -0.4 is 10.5 Å². The van der Waals surface area contributed by atoms with Gasteiger partial charge in [0.2, 0.25) is 10.0 Å². The summed E-state index contributed by atoms with van der Waals surface area (Å²) in [5.74, 6) is -0.574. The fourth-order valence-corrected chi connectivity index (χ4v) is 3.50. The van der Waals surface area contributed by atoms with Gasteiger partial charge in [-0.05, 0) is 31.0 Å². The Balaban J connectivity index is 2.59. The number of primary sulfonamides is 1. The molecule has 28 heavy (non-hydrogen) atoms. The van der Waals surface area contributed by atoms with E-state index in [0.717, 1.165) is 25.7 Å². The first-order chi connectivity index (χ1) is 13.4. The Hall–Kier alpha value is -2.45. The SMILES string of the molecule is CCCCNc1cc(C(=O)OCCCC)cc(S(N)(=O)=O)c1-c1cccnc1. The van der Waals surface area contributed by atoms with E-state index in [2.05, 4.69) is 17.2 Å². The highest BCUT2D eigenvalue weighted by atomic mass is 32.2. The molecule has 2 rings (SSSR count). The summed E-state index contributed by atoms with van der Waals surface area (Å²) in [5.41, 5.74) is 1.65. The minimum atomic E-state index is -4.09. The third-order valence-corrected chi connectivity index (χ3v) is 5.11. The van der Waals surface area contributed by atoms with Crippen molar-refractivity contribution >= 4 is 21.7 Å². The summed E-state index contributed by atoms with van der Waals surface area (Å²) in [6.07, 6.45) is 6.65. The molecular formula is C20H27N3O4S. The van der Waals surface area contributed by atoms with E-state index in [4.69, 9.17) is 9.88 Å². The number of anilines is 1. The van der Waals surface area contributed by atoms with Crippen molar-refractivity contribution < 1.29 is 17.9 Å². The molecule has 0 amide bonds. The summed E-state index contributed by atoms with van der Waals surface area (Å²) in [4.78, 5) is 16.4. The molecule has 0 fully saturated rings. The molecule has 0 unspecified atom stereocenters. The molecule has 152 valence electrons. The fraction of sp³-hybridized carbons (Fsp3) is 0.400. The van der Waals surface area contributed by atoms with Gasteiger partial charge in [-0.2, -0.15) is 0 Å². The smallest absolute Gasteiger partial charge is 0.338 e. The minimum absolute atomic E-state index is 0.135. The lowest BCUT2D eigenvalue weighted by Crippen LogP contribution is -2.17. The normalized spacial score (nSPS) is 11.2. The maximum Gasteiger partial charge on any atom is 0.338 e. The highest BCUT2D eigenvalue weighted by molar-refractivity contribution is 7.89. The Labute approximate surface area is 166 Å². The predicted molar refractivity (Wildman–Crippen MR) is 110 cm³/mol. The Morgan fingerprint density at radius 1 is 1.21 bits per heavy atom. The van der Waals surface area contributed by atoms with Crippen LogP contribution in [0.2, 0.25) is 0 Å². The maximum absolute atomic E-state index is 12.4. The van der Waals surface area contributed by atoms with Crippen molar-refractivity contribution in [2.24, 2.45) is 5.14 Å². The lowest BCUT2D eigenvalue weighted by atomic mass is 10.0. The molecule has 2 aromatic rings. The van der Waals surface area contributed by atoms with Crippen molar-refractivity contribution in [3.63, 3.8) is 0 Å². The van der Waals surface area contributed by atoms with Crippen LogP contribution in [0.25, 0.3) is 11.1 Å². The molecule has 0 aliphatic heterocycles. The van der Waals surface area contributed by atoms with Gasteiger partial charge in [-0.1, -0.05) is 32.8 Å². The number of sulfonamides is 1. The van der Waals surface area contributed by atoms with Crippen LogP contribution in [-0.4, -0.2) is 32.5 Å². The number of nitrogens with zero attached hydrogens (tertiary/aromatic N) is 1. The van der Waals surface area contributed by atoms with Gasteiger partial charge in [-0.3, -0.25) is 4.98 Å². The first kappa shape index (κ1) is 21.8. The van der Waals surface area contributed by atoms with Crippen LogP contribution in [0, 0.1) is 0 Å². The fourth-order valence-electron chi connectivity index (χ4n) is 2.70. The summed E-state index contributed by atoms with van der Waals surface area (Å²) in [5, 5.41) is 8.71. The number of hydrogen-bond acceptors (Lipinski definition) is 6. The van der Waals surface area contributed by atoms with Crippen LogP contribution in [0.3, 0.4) is 0 Å². The van der Waals surface area contributed by atoms with Gasteiger partial charge < -0.3 is 10.1 Å². The van der Waals surface area contributed by atoms with E-state index in [0.29, 0.717) is 23.4 Å². The second-order valence-corrected chi connectivity index (χ2v) is 7.98. The molecule has 3 N–H and O–H groups in total. The summed E-state index contributed by atoms with van der Waals surface area (Å²) < 4.78 is 29.9. The van der Waals surface area contributed by atoms with E-state index in [1.165, 1.54) is 6.07 Å². The van der Waals surface area contributed by atoms with Gasteiger partial charge in [-0.15, -0.1) is 0 Å². The van der Waals surface area contributed by atoms with Crippen molar-refractivity contribution in [1.82, 2.24) is 4.98 Å². The van der Waals surface area contributed by atoms with Crippen molar-refractivity contribution in [3.05, 3.63) is 42.2 Å². The second-order valence-electron chi connectivity index (χ2n) is 6.45. The number of esters is 1. The molecule has 0 atom stereocenters. The van der Waals surface area contributed by atoms with Gasteiger partial charge in [0.1, 0.15) is 0 Å². The maximum atomic E-state index is 12.4. The van der Waals surface area contributed by atoms with E-state index in [1.54, 1.807) is 30.6 Å². The molecule has 0 saturated carbocycles. The topological polar surface area (TPSA) is 111 Å². The van der Waals surface area contributed by atoms with Gasteiger partial charge in [0, 0.05) is 35.8 Å². The average molecular weight is 406 g/mol. The van der Waals surface area contributed by atoms with Gasteiger partial charge in [0.15, 0.2) is 0 Å². The van der Waals surface area contributed by atoms with Crippen LogP contribution in [0.4, 0.5) is 5.69 Å². The van der Waals surface area contributed by atoms with Crippen LogP contribution in [0.15, 0.2) is 41.6 Å². The lowest BCUT2D eigenvalue weighted by Gasteiger charge is -2.17.